The summed E-state index contributed by atoms with van der Waals surface area (Å²) in [6.07, 6.45) is 12.8. The number of carbonyl (C=O) groups is 1. The molecule has 2 saturated heterocycles. The van der Waals surface area contributed by atoms with Gasteiger partial charge in [-0.1, -0.05) is 0 Å². The summed E-state index contributed by atoms with van der Waals surface area (Å²) in [5.41, 5.74) is 1.63. The number of urea groups is 1. The molecule has 5 aliphatic rings. The molecule has 2 amide bonds. The van der Waals surface area contributed by atoms with Crippen molar-refractivity contribution < 1.29 is 14.2 Å². The van der Waals surface area contributed by atoms with Crippen molar-refractivity contribution in [2.75, 3.05) is 65.8 Å². The molecule has 0 aromatic carbocycles. The number of aliphatic imine (C=N–C) groups is 1. The van der Waals surface area contributed by atoms with Crippen LogP contribution in [0.4, 0.5) is 4.79 Å². The van der Waals surface area contributed by atoms with Crippen LogP contribution in [0.15, 0.2) is 28.9 Å². The molecule has 1 aromatic heterocycles. The van der Waals surface area contributed by atoms with E-state index >= 15 is 0 Å². The van der Waals surface area contributed by atoms with Crippen molar-refractivity contribution in [3.8, 4) is 0 Å². The molecule has 208 valence electrons. The molecule has 38 heavy (non-hydrogen) atoms. The normalized spacial score (nSPS) is 31.6. The molecular weight excluding hydrogens is 497 g/mol. The number of hydrogen-bond acceptors (Lipinski definition) is 6. The summed E-state index contributed by atoms with van der Waals surface area (Å²) in [6, 6.07) is 0.285. The predicted octanol–water partition coefficient (Wildman–Crippen LogP) is 3.54. The second kappa shape index (κ2) is 9.53. The van der Waals surface area contributed by atoms with Crippen molar-refractivity contribution in [2.45, 2.75) is 50.9 Å². The Hall–Kier alpha value is -2.09. The molecule has 3 aliphatic heterocycles. The van der Waals surface area contributed by atoms with Crippen LogP contribution >= 0.6 is 7.49 Å². The fourth-order valence-electron chi connectivity index (χ4n) is 7.08. The van der Waals surface area contributed by atoms with Crippen LogP contribution in [0.3, 0.4) is 0 Å². The summed E-state index contributed by atoms with van der Waals surface area (Å²) in [4.78, 5) is 36.3. The van der Waals surface area contributed by atoms with Gasteiger partial charge in [0.05, 0.1) is 25.6 Å². The van der Waals surface area contributed by atoms with Crippen molar-refractivity contribution in [1.29, 1.82) is 0 Å². The van der Waals surface area contributed by atoms with Gasteiger partial charge in [0.15, 0.2) is 0 Å². The van der Waals surface area contributed by atoms with E-state index in [4.69, 9.17) is 4.99 Å². The molecule has 2 aliphatic carbocycles. The van der Waals surface area contributed by atoms with Crippen LogP contribution in [0.5, 0.6) is 0 Å². The van der Waals surface area contributed by atoms with Gasteiger partial charge in [-0.2, -0.15) is 0 Å². The van der Waals surface area contributed by atoms with E-state index in [-0.39, 0.29) is 6.03 Å². The first-order valence-electron chi connectivity index (χ1n) is 14.5. The number of likely N-dealkylation sites (tertiary alicyclic amines) is 2. The van der Waals surface area contributed by atoms with Crippen molar-refractivity contribution >= 4 is 19.4 Å². The zero-order valence-electron chi connectivity index (χ0n) is 23.5. The molecule has 0 radical (unpaired) electrons. The zero-order chi connectivity index (χ0) is 26.7. The van der Waals surface area contributed by atoms with Gasteiger partial charge in [-0.3, -0.25) is 0 Å². The molecule has 9 nitrogen and oxygen atoms in total. The van der Waals surface area contributed by atoms with Crippen LogP contribution in [0, 0.1) is 11.3 Å². The van der Waals surface area contributed by atoms with Crippen LogP contribution < -0.4 is 0 Å². The van der Waals surface area contributed by atoms with E-state index < -0.39 is 7.49 Å². The quantitative estimate of drug-likeness (QED) is 0.406. The first kappa shape index (κ1) is 26.1. The number of rotatable bonds is 7. The molecule has 0 atom stereocenters. The number of allylic oxidation sites excluding steroid dienone is 1. The fraction of sp³-hybridized carbons (Fsp3) is 0.714. The number of aromatic amines is 1. The average Bonchev–Trinajstić information content (AvgIpc) is 3.57. The number of carbonyl (C=O) groups excluding carboxylic acids is 1. The Morgan fingerprint density at radius 2 is 1.87 bits per heavy atom. The van der Waals surface area contributed by atoms with Crippen molar-refractivity contribution in [3.05, 3.63) is 35.6 Å². The third-order valence-electron chi connectivity index (χ3n) is 9.42. The second-order valence-corrected chi connectivity index (χ2v) is 17.6. The number of amidine groups is 1. The topological polar surface area (TPSA) is 97.7 Å². The molecule has 0 unspecified atom stereocenters. The first-order valence-corrected chi connectivity index (χ1v) is 17.7. The minimum absolute atomic E-state index is 0.285. The van der Waals surface area contributed by atoms with Gasteiger partial charge in [-0.25, -0.2) is 0 Å². The summed E-state index contributed by atoms with van der Waals surface area (Å²) < 4.78 is 0.542. The molecule has 10 heteroatoms. The standard InChI is InChI=1S/C28H45N7O2P/c1-5-33(11-12-38(3,4)37)24-8-6-7-21(15-29-24)23-16-34(17-23)27(36)35(2)18-28(19-35)13-22(14-28)26-30-25(31-32-26)20-9-10-20/h6,8,15,20,22-23,37-38H,5,7,9-14,16-19H2,1-4H3,(H,30,31,32)/q+1. The summed E-state index contributed by atoms with van der Waals surface area (Å²) in [7, 11) is 0.0362. The monoisotopic (exact) mass is 542 g/mol. The van der Waals surface area contributed by atoms with Gasteiger partial charge in [0.1, 0.15) is 11.6 Å². The Balaban J connectivity index is 0.984. The second-order valence-electron chi connectivity index (χ2n) is 13.5. The van der Waals surface area contributed by atoms with Gasteiger partial charge in [0, 0.05) is 11.8 Å². The molecule has 4 heterocycles. The van der Waals surface area contributed by atoms with E-state index in [1.54, 1.807) is 0 Å². The van der Waals surface area contributed by atoms with Crippen LogP contribution in [-0.2, 0) is 0 Å². The first-order chi connectivity index (χ1) is 18.1. The van der Waals surface area contributed by atoms with Crippen LogP contribution in [0.1, 0.15) is 62.5 Å². The van der Waals surface area contributed by atoms with Gasteiger partial charge in [-0.05, 0) is 25.7 Å². The number of likely N-dealkylation sites (N-methyl/N-ethyl adjacent to an activating group) is 1. The molecular formula is C28H45N7O2P+. The predicted molar refractivity (Wildman–Crippen MR) is 153 cm³/mol. The number of nitrogens with one attached hydrogen (secondary N) is 1. The number of hydrogen-bond donors (Lipinski definition) is 2. The van der Waals surface area contributed by atoms with Crippen LogP contribution in [0.25, 0.3) is 0 Å². The molecule has 1 aromatic rings. The number of quaternary nitrogens is 1. The van der Waals surface area contributed by atoms with Crippen molar-refractivity contribution in [1.82, 2.24) is 25.0 Å². The van der Waals surface area contributed by atoms with E-state index in [1.165, 1.54) is 18.4 Å². The molecule has 4 fully saturated rings. The van der Waals surface area contributed by atoms with E-state index in [2.05, 4.69) is 51.1 Å². The molecule has 1 spiro atoms. The Morgan fingerprint density at radius 1 is 1.18 bits per heavy atom. The molecule has 2 N–H and O–H groups in total. The minimum atomic E-state index is -2.08. The number of H-pyrrole nitrogens is 1. The van der Waals surface area contributed by atoms with Gasteiger partial charge in [0.25, 0.3) is 0 Å². The Morgan fingerprint density at radius 3 is 2.50 bits per heavy atom. The zero-order valence-corrected chi connectivity index (χ0v) is 24.5. The van der Waals surface area contributed by atoms with Crippen LogP contribution in [-0.4, -0.2) is 112 Å². The van der Waals surface area contributed by atoms with E-state index in [1.807, 2.05) is 19.5 Å². The van der Waals surface area contributed by atoms with Crippen LogP contribution in [0.2, 0.25) is 0 Å². The van der Waals surface area contributed by atoms with Gasteiger partial charge in [0.2, 0.25) is 0 Å². The summed E-state index contributed by atoms with van der Waals surface area (Å²) >= 11 is 0. The van der Waals surface area contributed by atoms with E-state index in [0.29, 0.717) is 27.7 Å². The number of amides is 2. The van der Waals surface area contributed by atoms with E-state index in [0.717, 1.165) is 82.2 Å². The Kier molecular flexibility index (Phi) is 6.56. The number of aromatic nitrogens is 3. The summed E-state index contributed by atoms with van der Waals surface area (Å²) in [5.74, 6) is 4.61. The number of nitrogens with zero attached hydrogens (tertiary/aromatic N) is 6. The molecule has 6 rings (SSSR count). The van der Waals surface area contributed by atoms with Gasteiger partial charge < -0.3 is 4.98 Å². The summed E-state index contributed by atoms with van der Waals surface area (Å²) in [6.45, 7) is 11.3. The Labute approximate surface area is 227 Å². The van der Waals surface area contributed by atoms with Crippen molar-refractivity contribution in [2.24, 2.45) is 16.3 Å². The maximum absolute atomic E-state index is 13.4. The SMILES string of the molecule is CCN(CC[PH](C)(C)O)C1=NC=C(C2CN(C(=O)[N+]3(C)CC4(CC(c5nnc(C6CC6)[nH]5)C4)C3)C2)CC=C1. The third kappa shape index (κ3) is 5.09. The molecule has 0 bridgehead atoms. The third-order valence-corrected chi connectivity index (χ3v) is 10.9. The maximum atomic E-state index is 13.4. The fourth-order valence-corrected chi connectivity index (χ4v) is 7.90. The average molecular weight is 543 g/mol. The van der Waals surface area contributed by atoms with Gasteiger partial charge >= 0.3 is 137 Å². The molecule has 2 saturated carbocycles. The van der Waals surface area contributed by atoms with E-state index in [9.17, 15) is 9.69 Å². The van der Waals surface area contributed by atoms with Crippen molar-refractivity contribution in [3.63, 3.8) is 0 Å². The summed E-state index contributed by atoms with van der Waals surface area (Å²) in [5, 5.41) is 8.79. The Bertz CT molecular complexity index is 1160. The van der Waals surface area contributed by atoms with Gasteiger partial charge in [-0.15, -0.1) is 10.2 Å².